The average Bonchev–Trinajstić information content (AvgIpc) is 3.11. The molecule has 0 unspecified atom stereocenters. The van der Waals surface area contributed by atoms with E-state index >= 15 is 0 Å². The Morgan fingerprint density at radius 3 is 2.72 bits per heavy atom. The molecule has 0 spiro atoms. The first-order chi connectivity index (χ1) is 12.2. The second-order valence-corrected chi connectivity index (χ2v) is 6.28. The van der Waals surface area contributed by atoms with Crippen LogP contribution in [-0.2, 0) is 20.9 Å². The Kier molecular flexibility index (Phi) is 5.79. The fourth-order valence-corrected chi connectivity index (χ4v) is 2.87. The summed E-state index contributed by atoms with van der Waals surface area (Å²) in [6.07, 6.45) is 0. The molecule has 6 nitrogen and oxygen atoms in total. The molecule has 0 aromatic heterocycles. The molecule has 3 rings (SSSR count). The van der Waals surface area contributed by atoms with Crippen molar-refractivity contribution in [2.75, 3.05) is 19.2 Å². The zero-order valence-electron chi connectivity index (χ0n) is 13.4. The molecule has 130 valence electrons. The Labute approximate surface area is 149 Å². The molecule has 0 radical (unpaired) electrons. The predicted octanol–water partition coefficient (Wildman–Crippen LogP) is 2.37. The lowest BCUT2D eigenvalue weighted by Gasteiger charge is -2.07. The smallest absolute Gasteiger partial charge is 0.316 e. The van der Waals surface area contributed by atoms with Crippen molar-refractivity contribution in [2.45, 2.75) is 11.4 Å². The van der Waals surface area contributed by atoms with Gasteiger partial charge in [0.25, 0.3) is 5.91 Å². The number of fused-ring (bicyclic) bond motifs is 1. The molecular formula is C18H17NO5S. The number of esters is 1. The number of thioether (sulfide) groups is 1. The van der Waals surface area contributed by atoms with Crippen LogP contribution in [-0.4, -0.2) is 31.0 Å². The molecule has 1 N–H and O–H groups in total. The molecular weight excluding hydrogens is 342 g/mol. The third kappa shape index (κ3) is 5.15. The highest BCUT2D eigenvalue weighted by Crippen LogP contribution is 2.32. The van der Waals surface area contributed by atoms with E-state index in [0.717, 1.165) is 10.5 Å². The van der Waals surface area contributed by atoms with Crippen LogP contribution in [0.15, 0.2) is 53.4 Å². The second kappa shape index (κ2) is 8.43. The van der Waals surface area contributed by atoms with Crippen LogP contribution in [0.3, 0.4) is 0 Å². The molecule has 1 amide bonds. The van der Waals surface area contributed by atoms with Gasteiger partial charge in [-0.2, -0.15) is 0 Å². The van der Waals surface area contributed by atoms with Crippen molar-refractivity contribution in [3.63, 3.8) is 0 Å². The van der Waals surface area contributed by atoms with Crippen LogP contribution < -0.4 is 14.8 Å². The molecule has 2 aromatic rings. The lowest BCUT2D eigenvalue weighted by atomic mass is 10.2. The van der Waals surface area contributed by atoms with Crippen molar-refractivity contribution in [3.8, 4) is 11.5 Å². The zero-order chi connectivity index (χ0) is 17.5. The Bertz CT molecular complexity index is 750. The van der Waals surface area contributed by atoms with Crippen LogP contribution in [0.25, 0.3) is 0 Å². The van der Waals surface area contributed by atoms with Crippen molar-refractivity contribution in [2.24, 2.45) is 0 Å². The van der Waals surface area contributed by atoms with Gasteiger partial charge in [-0.05, 0) is 29.8 Å². The minimum atomic E-state index is -0.424. The molecule has 1 heterocycles. The van der Waals surface area contributed by atoms with E-state index in [1.165, 1.54) is 11.8 Å². The van der Waals surface area contributed by atoms with E-state index in [9.17, 15) is 9.59 Å². The topological polar surface area (TPSA) is 73.9 Å². The van der Waals surface area contributed by atoms with Crippen molar-refractivity contribution in [1.82, 2.24) is 5.32 Å². The monoisotopic (exact) mass is 359 g/mol. The maximum Gasteiger partial charge on any atom is 0.316 e. The lowest BCUT2D eigenvalue weighted by molar-refractivity contribution is -0.145. The van der Waals surface area contributed by atoms with Crippen molar-refractivity contribution >= 4 is 23.6 Å². The Morgan fingerprint density at radius 2 is 1.88 bits per heavy atom. The van der Waals surface area contributed by atoms with Gasteiger partial charge in [-0.3, -0.25) is 9.59 Å². The molecule has 0 atom stereocenters. The highest BCUT2D eigenvalue weighted by molar-refractivity contribution is 8.00. The van der Waals surface area contributed by atoms with Crippen molar-refractivity contribution in [3.05, 3.63) is 54.1 Å². The number of benzene rings is 2. The fourth-order valence-electron chi connectivity index (χ4n) is 2.15. The highest BCUT2D eigenvalue weighted by Gasteiger charge is 2.13. The highest BCUT2D eigenvalue weighted by atomic mass is 32.2. The van der Waals surface area contributed by atoms with Crippen molar-refractivity contribution in [1.29, 1.82) is 0 Å². The van der Waals surface area contributed by atoms with E-state index < -0.39 is 5.97 Å². The number of hydrogen-bond donors (Lipinski definition) is 1. The van der Waals surface area contributed by atoms with Crippen LogP contribution in [0.4, 0.5) is 0 Å². The normalized spacial score (nSPS) is 11.8. The molecule has 0 saturated carbocycles. The molecule has 0 bridgehead atoms. The Morgan fingerprint density at radius 1 is 1.08 bits per heavy atom. The minimum absolute atomic E-state index is 0.166. The summed E-state index contributed by atoms with van der Waals surface area (Å²) in [4.78, 5) is 24.4. The van der Waals surface area contributed by atoms with E-state index in [1.807, 2.05) is 42.5 Å². The van der Waals surface area contributed by atoms with E-state index in [-0.39, 0.29) is 25.1 Å². The van der Waals surface area contributed by atoms with Crippen LogP contribution in [0.2, 0.25) is 0 Å². The number of amides is 1. The standard InChI is InChI=1S/C18H17NO5S/c20-17(10-22-18(21)11-25-14-4-2-1-3-5-14)19-9-13-6-7-15-16(8-13)24-12-23-15/h1-8H,9-12H2,(H,19,20). The summed E-state index contributed by atoms with van der Waals surface area (Å²) in [5, 5.41) is 2.70. The number of rotatable bonds is 7. The van der Waals surface area contributed by atoms with Gasteiger partial charge in [0.15, 0.2) is 18.1 Å². The minimum Gasteiger partial charge on any atom is -0.455 e. The maximum atomic E-state index is 11.8. The van der Waals surface area contributed by atoms with Crippen LogP contribution in [0.5, 0.6) is 11.5 Å². The molecule has 2 aromatic carbocycles. The largest absolute Gasteiger partial charge is 0.455 e. The third-order valence-corrected chi connectivity index (χ3v) is 4.38. The molecule has 1 aliphatic rings. The van der Waals surface area contributed by atoms with Crippen LogP contribution in [0, 0.1) is 0 Å². The average molecular weight is 359 g/mol. The maximum absolute atomic E-state index is 11.8. The number of carbonyl (C=O) groups is 2. The number of hydrogen-bond acceptors (Lipinski definition) is 6. The van der Waals surface area contributed by atoms with Gasteiger partial charge in [0.2, 0.25) is 6.79 Å². The summed E-state index contributed by atoms with van der Waals surface area (Å²) < 4.78 is 15.5. The Hall–Kier alpha value is -2.67. The second-order valence-electron chi connectivity index (χ2n) is 5.23. The van der Waals surface area contributed by atoms with Gasteiger partial charge in [0, 0.05) is 11.4 Å². The van der Waals surface area contributed by atoms with E-state index in [4.69, 9.17) is 14.2 Å². The molecule has 1 aliphatic heterocycles. The van der Waals surface area contributed by atoms with E-state index in [0.29, 0.717) is 18.0 Å². The first kappa shape index (κ1) is 17.2. The van der Waals surface area contributed by atoms with Gasteiger partial charge in [0.05, 0.1) is 5.75 Å². The predicted molar refractivity (Wildman–Crippen MR) is 92.5 cm³/mol. The van der Waals surface area contributed by atoms with Crippen LogP contribution in [0.1, 0.15) is 5.56 Å². The Balaban J connectivity index is 1.35. The first-order valence-corrected chi connectivity index (χ1v) is 8.68. The third-order valence-electron chi connectivity index (χ3n) is 3.39. The number of carbonyl (C=O) groups excluding carboxylic acids is 2. The zero-order valence-corrected chi connectivity index (χ0v) is 14.2. The molecule has 0 aliphatic carbocycles. The summed E-state index contributed by atoms with van der Waals surface area (Å²) in [5.41, 5.74) is 0.878. The van der Waals surface area contributed by atoms with Gasteiger partial charge in [-0.1, -0.05) is 24.3 Å². The summed E-state index contributed by atoms with van der Waals surface area (Å²) in [6.45, 7) is 0.243. The summed E-state index contributed by atoms with van der Waals surface area (Å²) in [7, 11) is 0. The van der Waals surface area contributed by atoms with Crippen molar-refractivity contribution < 1.29 is 23.8 Å². The quantitative estimate of drug-likeness (QED) is 0.604. The van der Waals surface area contributed by atoms with Gasteiger partial charge >= 0.3 is 5.97 Å². The SMILES string of the molecule is O=C(COC(=O)CSc1ccccc1)NCc1ccc2c(c1)OCO2. The summed E-state index contributed by atoms with van der Waals surface area (Å²) >= 11 is 1.37. The summed E-state index contributed by atoms with van der Waals surface area (Å²) in [5.74, 6) is 0.748. The van der Waals surface area contributed by atoms with Gasteiger partial charge in [-0.25, -0.2) is 0 Å². The van der Waals surface area contributed by atoms with E-state index in [2.05, 4.69) is 5.32 Å². The molecule has 0 saturated heterocycles. The van der Waals surface area contributed by atoms with Crippen LogP contribution >= 0.6 is 11.8 Å². The summed E-state index contributed by atoms with van der Waals surface area (Å²) in [6, 6.07) is 15.0. The first-order valence-electron chi connectivity index (χ1n) is 7.69. The molecule has 7 heteroatoms. The van der Waals surface area contributed by atoms with Gasteiger partial charge < -0.3 is 19.5 Å². The lowest BCUT2D eigenvalue weighted by Crippen LogP contribution is -2.28. The van der Waals surface area contributed by atoms with Gasteiger partial charge in [-0.15, -0.1) is 11.8 Å². The van der Waals surface area contributed by atoms with Gasteiger partial charge in [0.1, 0.15) is 0 Å². The number of nitrogens with one attached hydrogen (secondary N) is 1. The van der Waals surface area contributed by atoms with E-state index in [1.54, 1.807) is 6.07 Å². The molecule has 25 heavy (non-hydrogen) atoms. The molecule has 0 fully saturated rings. The fraction of sp³-hybridized carbons (Fsp3) is 0.222. The number of ether oxygens (including phenoxy) is 3.